The fourth-order valence-electron chi connectivity index (χ4n) is 6.43. The van der Waals surface area contributed by atoms with Crippen LogP contribution in [-0.2, 0) is 0 Å². The van der Waals surface area contributed by atoms with Crippen LogP contribution in [0.4, 0.5) is 0 Å². The molecule has 160 valence electrons. The molecule has 6 unspecified atom stereocenters. The van der Waals surface area contributed by atoms with Crippen LogP contribution in [0.2, 0.25) is 0 Å². The van der Waals surface area contributed by atoms with Crippen molar-refractivity contribution in [2.24, 2.45) is 45.6 Å². The van der Waals surface area contributed by atoms with Crippen LogP contribution in [-0.4, -0.2) is 24.7 Å². The molecule has 0 saturated heterocycles. The summed E-state index contributed by atoms with van der Waals surface area (Å²) in [7, 11) is 0. The van der Waals surface area contributed by atoms with E-state index in [4.69, 9.17) is 22.9 Å². The van der Waals surface area contributed by atoms with Crippen LogP contribution in [0.5, 0.6) is 0 Å². The molecule has 0 aromatic heterocycles. The predicted octanol–water partition coefficient (Wildman–Crippen LogP) is 3.90. The molecule has 3 aliphatic rings. The van der Waals surface area contributed by atoms with E-state index >= 15 is 0 Å². The van der Waals surface area contributed by atoms with Crippen LogP contribution in [0.25, 0.3) is 0 Å². The summed E-state index contributed by atoms with van der Waals surface area (Å²) >= 11 is 0. The summed E-state index contributed by atoms with van der Waals surface area (Å²) in [6.45, 7) is 7.61. The second-order valence-corrected chi connectivity index (χ2v) is 11.3. The summed E-state index contributed by atoms with van der Waals surface area (Å²) in [4.78, 5) is 0. The van der Waals surface area contributed by atoms with Crippen LogP contribution in [0, 0.1) is 22.7 Å². The largest absolute Gasteiger partial charge is 0.330 e. The third-order valence-corrected chi connectivity index (χ3v) is 7.28. The van der Waals surface area contributed by atoms with E-state index in [1.165, 1.54) is 64.2 Å². The van der Waals surface area contributed by atoms with Gasteiger partial charge in [0.15, 0.2) is 0 Å². The van der Waals surface area contributed by atoms with E-state index in [1.807, 2.05) is 0 Å². The number of nitrogens with two attached hydrogens (primary N) is 4. The highest BCUT2D eigenvalue weighted by atomic mass is 14.7. The fraction of sp³-hybridized carbons (Fsp3) is 1.00. The molecule has 0 bridgehead atoms. The Morgan fingerprint density at radius 2 is 1.26 bits per heavy atom. The van der Waals surface area contributed by atoms with Gasteiger partial charge in [0.2, 0.25) is 0 Å². The average molecular weight is 381 g/mol. The highest BCUT2D eigenvalue weighted by molar-refractivity contribution is 4.93. The highest BCUT2D eigenvalue weighted by Crippen LogP contribution is 2.44. The van der Waals surface area contributed by atoms with Gasteiger partial charge >= 0.3 is 0 Å². The summed E-state index contributed by atoms with van der Waals surface area (Å²) in [6.07, 6.45) is 15.4. The van der Waals surface area contributed by atoms with Crippen molar-refractivity contribution in [3.8, 4) is 0 Å². The van der Waals surface area contributed by atoms with Crippen molar-refractivity contribution in [2.75, 3.05) is 6.54 Å². The Balaban J connectivity index is 0.000000199. The normalized spacial score (nSPS) is 42.1. The van der Waals surface area contributed by atoms with Gasteiger partial charge in [0.25, 0.3) is 0 Å². The maximum atomic E-state index is 6.03. The van der Waals surface area contributed by atoms with Crippen molar-refractivity contribution in [1.82, 2.24) is 0 Å². The molecule has 3 saturated carbocycles. The van der Waals surface area contributed by atoms with E-state index in [1.54, 1.807) is 0 Å². The fourth-order valence-corrected chi connectivity index (χ4v) is 6.43. The average Bonchev–Trinajstić information content (AvgIpc) is 2.53. The van der Waals surface area contributed by atoms with Gasteiger partial charge in [0, 0.05) is 18.1 Å². The molecule has 0 aliphatic heterocycles. The molecule has 0 amide bonds. The van der Waals surface area contributed by atoms with Crippen molar-refractivity contribution in [3.05, 3.63) is 0 Å². The van der Waals surface area contributed by atoms with Crippen molar-refractivity contribution in [2.45, 2.75) is 116 Å². The van der Waals surface area contributed by atoms with Gasteiger partial charge in [-0.2, -0.15) is 0 Å². The summed E-state index contributed by atoms with van der Waals surface area (Å²) < 4.78 is 0. The molecule has 4 nitrogen and oxygen atoms in total. The second-order valence-electron chi connectivity index (χ2n) is 11.3. The first-order valence-electron chi connectivity index (χ1n) is 11.6. The Morgan fingerprint density at radius 3 is 1.67 bits per heavy atom. The first-order chi connectivity index (χ1) is 12.6. The molecule has 6 atom stereocenters. The van der Waals surface area contributed by atoms with Gasteiger partial charge in [0.1, 0.15) is 0 Å². The summed E-state index contributed by atoms with van der Waals surface area (Å²) in [5.74, 6) is 1.81. The Bertz CT molecular complexity index is 418. The lowest BCUT2D eigenvalue weighted by Crippen LogP contribution is -2.45. The quantitative estimate of drug-likeness (QED) is 0.596. The first-order valence-corrected chi connectivity index (χ1v) is 11.6. The van der Waals surface area contributed by atoms with Crippen LogP contribution >= 0.6 is 0 Å². The molecule has 0 radical (unpaired) electrons. The van der Waals surface area contributed by atoms with Crippen LogP contribution in [0.3, 0.4) is 0 Å². The highest BCUT2D eigenvalue weighted by Gasteiger charge is 2.38. The van der Waals surface area contributed by atoms with E-state index in [9.17, 15) is 0 Å². The lowest BCUT2D eigenvalue weighted by molar-refractivity contribution is 0.0904. The van der Waals surface area contributed by atoms with Gasteiger partial charge in [-0.1, -0.05) is 46.5 Å². The molecule has 8 N–H and O–H groups in total. The first kappa shape index (κ1) is 23.1. The smallest absolute Gasteiger partial charge is 0.00495 e. The van der Waals surface area contributed by atoms with Gasteiger partial charge in [-0.3, -0.25) is 0 Å². The van der Waals surface area contributed by atoms with Crippen molar-refractivity contribution in [1.29, 1.82) is 0 Å². The molecular weight excluding hydrogens is 332 g/mol. The van der Waals surface area contributed by atoms with E-state index in [0.717, 1.165) is 31.2 Å². The number of rotatable bonds is 3. The Hall–Kier alpha value is -0.160. The van der Waals surface area contributed by atoms with E-state index in [2.05, 4.69) is 20.8 Å². The van der Waals surface area contributed by atoms with Crippen molar-refractivity contribution >= 4 is 0 Å². The molecule has 3 fully saturated rings. The zero-order valence-electron chi connectivity index (χ0n) is 18.4. The molecule has 3 rings (SSSR count). The minimum Gasteiger partial charge on any atom is -0.330 e. The Morgan fingerprint density at radius 1 is 0.741 bits per heavy atom. The molecule has 27 heavy (non-hydrogen) atoms. The molecule has 3 aliphatic carbocycles. The maximum absolute atomic E-state index is 6.03. The maximum Gasteiger partial charge on any atom is 0.00495 e. The Kier molecular flexibility index (Phi) is 8.60. The summed E-state index contributed by atoms with van der Waals surface area (Å²) in [5.41, 5.74) is 24.5. The predicted molar refractivity (Wildman–Crippen MR) is 117 cm³/mol. The summed E-state index contributed by atoms with van der Waals surface area (Å²) in [5, 5.41) is 0. The van der Waals surface area contributed by atoms with Crippen LogP contribution in [0.1, 0.15) is 97.8 Å². The van der Waals surface area contributed by atoms with E-state index in [-0.39, 0.29) is 5.41 Å². The second kappa shape index (κ2) is 10.0. The molecule has 0 aromatic carbocycles. The van der Waals surface area contributed by atoms with E-state index in [0.29, 0.717) is 23.5 Å². The van der Waals surface area contributed by atoms with Gasteiger partial charge < -0.3 is 22.9 Å². The minimum absolute atomic E-state index is 0.279. The van der Waals surface area contributed by atoms with Gasteiger partial charge in [-0.15, -0.1) is 0 Å². The molecule has 0 spiro atoms. The molecule has 0 heterocycles. The molecule has 0 aromatic rings. The monoisotopic (exact) mass is 380 g/mol. The number of hydrogen-bond acceptors (Lipinski definition) is 4. The zero-order valence-corrected chi connectivity index (χ0v) is 18.4. The van der Waals surface area contributed by atoms with Crippen LogP contribution in [0.15, 0.2) is 0 Å². The summed E-state index contributed by atoms with van der Waals surface area (Å²) in [6, 6.07) is 1.32. The molecule has 4 heteroatoms. The van der Waals surface area contributed by atoms with E-state index < -0.39 is 0 Å². The van der Waals surface area contributed by atoms with Gasteiger partial charge in [0.05, 0.1) is 0 Å². The third kappa shape index (κ3) is 8.00. The SMILES string of the molecule is CC1(C)CC(N)CC(C)(CN)C1.NC1CCCC(CC2CCCC(N)C2)C1. The van der Waals surface area contributed by atoms with Crippen molar-refractivity contribution in [3.63, 3.8) is 0 Å². The standard InChI is InChI=1S/C13H26N2.C10H22N2/c14-12-5-1-3-10(8-12)7-11-4-2-6-13(15)9-11;1-9(2)4-8(12)5-10(3,6-9)7-11/h10-13H,1-9,14-15H2;8H,4-7,11-12H2,1-3H3. The van der Waals surface area contributed by atoms with Gasteiger partial charge in [-0.05, 0) is 80.6 Å². The zero-order chi connectivity index (χ0) is 20.1. The number of hydrogen-bond donors (Lipinski definition) is 4. The van der Waals surface area contributed by atoms with Crippen molar-refractivity contribution < 1.29 is 0 Å². The minimum atomic E-state index is 0.279. The Labute approximate surface area is 168 Å². The van der Waals surface area contributed by atoms with Gasteiger partial charge in [-0.25, -0.2) is 0 Å². The topological polar surface area (TPSA) is 104 Å². The molecular formula is C23H48N4. The third-order valence-electron chi connectivity index (χ3n) is 7.28. The lowest BCUT2D eigenvalue weighted by Gasteiger charge is -2.45. The lowest BCUT2D eigenvalue weighted by atomic mass is 9.63. The van der Waals surface area contributed by atoms with Crippen LogP contribution < -0.4 is 22.9 Å².